The van der Waals surface area contributed by atoms with E-state index in [0.29, 0.717) is 43.4 Å². The lowest BCUT2D eigenvalue weighted by atomic mass is 10.1. The van der Waals surface area contributed by atoms with Crippen LogP contribution in [0, 0.1) is 0 Å². The number of aromatic nitrogens is 1. The van der Waals surface area contributed by atoms with Crippen LogP contribution in [0.5, 0.6) is 11.5 Å². The number of ether oxygens (including phenoxy) is 2. The Hall–Kier alpha value is -2.28. The molecule has 27 heavy (non-hydrogen) atoms. The highest BCUT2D eigenvalue weighted by Crippen LogP contribution is 2.29. The number of thiazole rings is 1. The van der Waals surface area contributed by atoms with Crippen molar-refractivity contribution < 1.29 is 14.3 Å². The quantitative estimate of drug-likeness (QED) is 0.689. The van der Waals surface area contributed by atoms with Crippen LogP contribution in [0.1, 0.15) is 37.0 Å². The fourth-order valence-corrected chi connectivity index (χ4v) is 3.65. The summed E-state index contributed by atoms with van der Waals surface area (Å²) in [5.74, 6) is 1.39. The average molecular weight is 390 g/mol. The zero-order valence-corrected chi connectivity index (χ0v) is 16.8. The molecule has 1 aromatic heterocycles. The van der Waals surface area contributed by atoms with Crippen molar-refractivity contribution in [3.05, 3.63) is 35.3 Å². The first-order valence-corrected chi connectivity index (χ1v) is 10.4. The molecule has 1 fully saturated rings. The van der Waals surface area contributed by atoms with Gasteiger partial charge in [0.15, 0.2) is 16.6 Å². The highest BCUT2D eigenvalue weighted by molar-refractivity contribution is 7.13. The molecule has 1 aliphatic rings. The van der Waals surface area contributed by atoms with Crippen molar-refractivity contribution in [3.63, 3.8) is 0 Å². The van der Waals surface area contributed by atoms with Gasteiger partial charge >= 0.3 is 0 Å². The van der Waals surface area contributed by atoms with E-state index < -0.39 is 0 Å². The molecule has 6 nitrogen and oxygen atoms in total. The zero-order chi connectivity index (χ0) is 19.1. The SMILES string of the molecule is CCCOc1ccc(C(=O)N2CCN(c3nccs3)CC2)cc1OCCC. The Morgan fingerprint density at radius 3 is 2.41 bits per heavy atom. The Balaban J connectivity index is 1.67. The van der Waals surface area contributed by atoms with Crippen molar-refractivity contribution in [2.24, 2.45) is 0 Å². The van der Waals surface area contributed by atoms with Gasteiger partial charge in [-0.3, -0.25) is 4.79 Å². The molecule has 3 rings (SSSR count). The third kappa shape index (κ3) is 4.91. The topological polar surface area (TPSA) is 54.9 Å². The summed E-state index contributed by atoms with van der Waals surface area (Å²) < 4.78 is 11.6. The lowest BCUT2D eigenvalue weighted by molar-refractivity contribution is 0.0746. The van der Waals surface area contributed by atoms with Gasteiger partial charge in [-0.15, -0.1) is 11.3 Å². The Morgan fingerprint density at radius 2 is 1.78 bits per heavy atom. The van der Waals surface area contributed by atoms with Crippen LogP contribution in [0.4, 0.5) is 5.13 Å². The van der Waals surface area contributed by atoms with Crippen LogP contribution in [0.2, 0.25) is 0 Å². The van der Waals surface area contributed by atoms with Crippen LogP contribution in [0.25, 0.3) is 0 Å². The molecule has 146 valence electrons. The number of carbonyl (C=O) groups is 1. The van der Waals surface area contributed by atoms with Crippen LogP contribution in [-0.4, -0.2) is 55.2 Å². The first-order chi connectivity index (χ1) is 13.2. The molecule has 1 aliphatic heterocycles. The summed E-state index contributed by atoms with van der Waals surface area (Å²) >= 11 is 1.63. The molecule has 2 aromatic rings. The first kappa shape index (κ1) is 19.5. The highest BCUT2D eigenvalue weighted by atomic mass is 32.1. The number of hydrogen-bond donors (Lipinski definition) is 0. The maximum atomic E-state index is 12.9. The lowest BCUT2D eigenvalue weighted by Gasteiger charge is -2.34. The fourth-order valence-electron chi connectivity index (χ4n) is 2.95. The smallest absolute Gasteiger partial charge is 0.254 e. The average Bonchev–Trinajstić information content (AvgIpc) is 3.25. The van der Waals surface area contributed by atoms with E-state index in [1.54, 1.807) is 11.3 Å². The summed E-state index contributed by atoms with van der Waals surface area (Å²) in [6.07, 6.45) is 3.65. The standard InChI is InChI=1S/C20H27N3O3S/c1-3-12-25-17-6-5-16(15-18(17)26-13-4-2)19(24)22-8-10-23(11-9-22)20-21-7-14-27-20/h5-7,14-15H,3-4,8-13H2,1-2H3. The minimum atomic E-state index is 0.0391. The minimum absolute atomic E-state index is 0.0391. The van der Waals surface area contributed by atoms with E-state index in [2.05, 4.69) is 23.7 Å². The Bertz CT molecular complexity index is 728. The minimum Gasteiger partial charge on any atom is -0.490 e. The van der Waals surface area contributed by atoms with Gasteiger partial charge in [-0.25, -0.2) is 4.98 Å². The molecule has 0 N–H and O–H groups in total. The molecule has 0 bridgehead atoms. The summed E-state index contributed by atoms with van der Waals surface area (Å²) in [5.41, 5.74) is 0.646. The van der Waals surface area contributed by atoms with Crippen molar-refractivity contribution in [3.8, 4) is 11.5 Å². The van der Waals surface area contributed by atoms with Gasteiger partial charge in [-0.2, -0.15) is 0 Å². The molecule has 0 saturated carbocycles. The van der Waals surface area contributed by atoms with Crippen LogP contribution in [-0.2, 0) is 0 Å². The summed E-state index contributed by atoms with van der Waals surface area (Å²) in [5, 5.41) is 3.00. The highest BCUT2D eigenvalue weighted by Gasteiger charge is 2.24. The number of nitrogens with zero attached hydrogens (tertiary/aromatic N) is 3. The second-order valence-corrected chi connectivity index (χ2v) is 7.33. The van der Waals surface area contributed by atoms with Gasteiger partial charge in [-0.05, 0) is 31.0 Å². The molecule has 0 unspecified atom stereocenters. The van der Waals surface area contributed by atoms with Gasteiger partial charge in [-0.1, -0.05) is 13.8 Å². The van der Waals surface area contributed by atoms with Crippen molar-refractivity contribution >= 4 is 22.4 Å². The van der Waals surface area contributed by atoms with Gasteiger partial charge in [0.2, 0.25) is 0 Å². The molecule has 0 radical (unpaired) electrons. The van der Waals surface area contributed by atoms with Crippen molar-refractivity contribution in [1.29, 1.82) is 0 Å². The molecule has 1 amide bonds. The third-order valence-electron chi connectivity index (χ3n) is 4.37. The summed E-state index contributed by atoms with van der Waals surface area (Å²) in [4.78, 5) is 21.4. The molecular formula is C20H27N3O3S. The van der Waals surface area contributed by atoms with Gasteiger partial charge in [0.05, 0.1) is 13.2 Å². The van der Waals surface area contributed by atoms with E-state index in [9.17, 15) is 4.79 Å². The van der Waals surface area contributed by atoms with E-state index in [1.807, 2.05) is 34.7 Å². The van der Waals surface area contributed by atoms with E-state index in [1.165, 1.54) is 0 Å². The second kappa shape index (κ2) is 9.60. The van der Waals surface area contributed by atoms with E-state index in [4.69, 9.17) is 9.47 Å². The summed E-state index contributed by atoms with van der Waals surface area (Å²) in [6, 6.07) is 5.50. The molecular weight excluding hydrogens is 362 g/mol. The van der Waals surface area contributed by atoms with E-state index >= 15 is 0 Å². The maximum Gasteiger partial charge on any atom is 0.254 e. The van der Waals surface area contributed by atoms with Crippen LogP contribution >= 0.6 is 11.3 Å². The van der Waals surface area contributed by atoms with Crippen LogP contribution in [0.3, 0.4) is 0 Å². The van der Waals surface area contributed by atoms with Crippen molar-refractivity contribution in [2.45, 2.75) is 26.7 Å². The molecule has 1 aromatic carbocycles. The number of hydrogen-bond acceptors (Lipinski definition) is 6. The number of carbonyl (C=O) groups excluding carboxylic acids is 1. The van der Waals surface area contributed by atoms with Gasteiger partial charge < -0.3 is 19.3 Å². The molecule has 0 aliphatic carbocycles. The molecule has 1 saturated heterocycles. The molecule has 0 spiro atoms. The monoisotopic (exact) mass is 389 g/mol. The van der Waals surface area contributed by atoms with Crippen molar-refractivity contribution in [2.75, 3.05) is 44.3 Å². The maximum absolute atomic E-state index is 12.9. The third-order valence-corrected chi connectivity index (χ3v) is 5.20. The molecule has 2 heterocycles. The van der Waals surface area contributed by atoms with Crippen LogP contribution < -0.4 is 14.4 Å². The molecule has 7 heteroatoms. The Kier molecular flexibility index (Phi) is 6.92. The fraction of sp³-hybridized carbons (Fsp3) is 0.500. The number of amides is 1. The van der Waals surface area contributed by atoms with E-state index in [-0.39, 0.29) is 5.91 Å². The largest absolute Gasteiger partial charge is 0.490 e. The zero-order valence-electron chi connectivity index (χ0n) is 16.0. The predicted molar refractivity (Wildman–Crippen MR) is 108 cm³/mol. The van der Waals surface area contributed by atoms with Gasteiger partial charge in [0.1, 0.15) is 0 Å². The van der Waals surface area contributed by atoms with Crippen LogP contribution in [0.15, 0.2) is 29.8 Å². The Morgan fingerprint density at radius 1 is 1.07 bits per heavy atom. The number of benzene rings is 1. The first-order valence-electron chi connectivity index (χ1n) is 9.56. The number of piperazine rings is 1. The summed E-state index contributed by atoms with van der Waals surface area (Å²) in [7, 11) is 0. The van der Waals surface area contributed by atoms with Crippen molar-refractivity contribution in [1.82, 2.24) is 9.88 Å². The lowest BCUT2D eigenvalue weighted by Crippen LogP contribution is -2.48. The van der Waals surface area contributed by atoms with Gasteiger partial charge in [0.25, 0.3) is 5.91 Å². The normalized spacial score (nSPS) is 14.3. The van der Waals surface area contributed by atoms with Gasteiger partial charge in [0, 0.05) is 43.3 Å². The number of rotatable bonds is 8. The Labute approximate surface area is 164 Å². The predicted octanol–water partition coefficient (Wildman–Crippen LogP) is 3.68. The molecule has 0 atom stereocenters. The second-order valence-electron chi connectivity index (χ2n) is 6.45. The number of anilines is 1. The van der Waals surface area contributed by atoms with E-state index in [0.717, 1.165) is 31.1 Å². The summed E-state index contributed by atoms with van der Waals surface area (Å²) in [6.45, 7) is 8.35.